The number of nitrogens with one attached hydrogen (secondary N) is 2. The van der Waals surface area contributed by atoms with E-state index in [9.17, 15) is 14.7 Å². The summed E-state index contributed by atoms with van der Waals surface area (Å²) in [5.74, 6) is -0.397. The van der Waals surface area contributed by atoms with Crippen LogP contribution >= 0.6 is 0 Å². The lowest BCUT2D eigenvalue weighted by molar-refractivity contribution is -0.136. The number of anilines is 1. The summed E-state index contributed by atoms with van der Waals surface area (Å²) >= 11 is 0. The number of para-hydroxylation sites is 1. The molecule has 0 radical (unpaired) electrons. The molecule has 0 unspecified atom stereocenters. The van der Waals surface area contributed by atoms with E-state index in [1.54, 1.807) is 36.4 Å². The van der Waals surface area contributed by atoms with Crippen LogP contribution in [0.2, 0.25) is 0 Å². The fraction of sp³-hybridized carbons (Fsp3) is 0. The highest BCUT2D eigenvalue weighted by atomic mass is 16.5. The first kappa shape index (κ1) is 18.7. The average molecular weight is 375 g/mol. The molecule has 7 heteroatoms. The first-order valence-electron chi connectivity index (χ1n) is 8.36. The van der Waals surface area contributed by atoms with Crippen molar-refractivity contribution < 1.29 is 19.4 Å². The molecule has 0 aliphatic carbocycles. The summed E-state index contributed by atoms with van der Waals surface area (Å²) in [7, 11) is 0. The Labute approximate surface area is 161 Å². The molecular formula is C21H17N3O4. The minimum absolute atomic E-state index is 0.0766. The predicted molar refractivity (Wildman–Crippen MR) is 105 cm³/mol. The van der Waals surface area contributed by atoms with Crippen molar-refractivity contribution in [2.75, 3.05) is 5.32 Å². The smallest absolute Gasteiger partial charge is 0.329 e. The molecule has 0 aliphatic rings. The molecule has 0 aliphatic heterocycles. The second kappa shape index (κ2) is 9.00. The van der Waals surface area contributed by atoms with E-state index in [-0.39, 0.29) is 5.75 Å². The largest absolute Gasteiger partial charge is 0.508 e. The van der Waals surface area contributed by atoms with E-state index in [0.29, 0.717) is 22.7 Å². The number of phenols is 1. The number of hydrogen-bond donors (Lipinski definition) is 3. The lowest BCUT2D eigenvalue weighted by atomic mass is 10.2. The molecule has 0 saturated heterocycles. The Morgan fingerprint density at radius 3 is 2.29 bits per heavy atom. The van der Waals surface area contributed by atoms with Crippen molar-refractivity contribution in [2.24, 2.45) is 5.10 Å². The minimum Gasteiger partial charge on any atom is -0.508 e. The maximum absolute atomic E-state index is 11.9. The minimum atomic E-state index is -0.916. The van der Waals surface area contributed by atoms with Crippen molar-refractivity contribution in [1.29, 1.82) is 0 Å². The van der Waals surface area contributed by atoms with Gasteiger partial charge in [0.05, 0.1) is 6.21 Å². The molecule has 28 heavy (non-hydrogen) atoms. The van der Waals surface area contributed by atoms with Gasteiger partial charge in [-0.1, -0.05) is 30.3 Å². The summed E-state index contributed by atoms with van der Waals surface area (Å²) in [6.45, 7) is 0. The van der Waals surface area contributed by atoms with E-state index in [0.717, 1.165) is 0 Å². The van der Waals surface area contributed by atoms with Gasteiger partial charge in [-0.05, 0) is 54.1 Å². The quantitative estimate of drug-likeness (QED) is 0.362. The molecule has 0 fully saturated rings. The molecule has 3 N–H and O–H groups in total. The molecular weight excluding hydrogens is 358 g/mol. The number of ether oxygens (including phenoxy) is 1. The Hall–Kier alpha value is -4.13. The van der Waals surface area contributed by atoms with Gasteiger partial charge in [0.1, 0.15) is 17.2 Å². The van der Waals surface area contributed by atoms with Crippen LogP contribution in [-0.2, 0) is 9.59 Å². The van der Waals surface area contributed by atoms with Crippen LogP contribution < -0.4 is 15.5 Å². The summed E-state index contributed by atoms with van der Waals surface area (Å²) in [4.78, 5) is 23.7. The van der Waals surface area contributed by atoms with Crippen molar-refractivity contribution in [3.63, 3.8) is 0 Å². The van der Waals surface area contributed by atoms with Gasteiger partial charge in [-0.2, -0.15) is 5.10 Å². The van der Waals surface area contributed by atoms with E-state index < -0.39 is 11.8 Å². The zero-order valence-electron chi connectivity index (χ0n) is 14.7. The number of benzene rings is 3. The molecule has 0 spiro atoms. The lowest BCUT2D eigenvalue weighted by Gasteiger charge is -2.07. The van der Waals surface area contributed by atoms with Crippen LogP contribution in [0.15, 0.2) is 84.0 Å². The van der Waals surface area contributed by atoms with Gasteiger partial charge in [0, 0.05) is 5.69 Å². The number of carbonyl (C=O) groups is 2. The highest BCUT2D eigenvalue weighted by molar-refractivity contribution is 6.39. The number of carbonyl (C=O) groups excluding carboxylic acids is 2. The standard InChI is InChI=1S/C21H17N3O4/c25-17-6-4-5-15(13-17)14-22-24-21(27)20(26)23-16-9-11-19(12-10-16)28-18-7-2-1-3-8-18/h1-14,25H,(H,23,26)(H,24,27)/b22-14-. The van der Waals surface area contributed by atoms with Crippen LogP contribution in [-0.4, -0.2) is 23.1 Å². The number of aromatic hydroxyl groups is 1. The number of hydrogen-bond acceptors (Lipinski definition) is 5. The van der Waals surface area contributed by atoms with Crippen LogP contribution in [0.4, 0.5) is 5.69 Å². The molecule has 0 saturated carbocycles. The number of nitrogens with zero attached hydrogens (tertiary/aromatic N) is 1. The van der Waals surface area contributed by atoms with Gasteiger partial charge < -0.3 is 15.2 Å². The van der Waals surface area contributed by atoms with E-state index >= 15 is 0 Å². The van der Waals surface area contributed by atoms with E-state index in [2.05, 4.69) is 15.8 Å². The Morgan fingerprint density at radius 2 is 1.57 bits per heavy atom. The van der Waals surface area contributed by atoms with Gasteiger partial charge in [0.15, 0.2) is 0 Å². The van der Waals surface area contributed by atoms with Crippen LogP contribution in [0.1, 0.15) is 5.56 Å². The monoisotopic (exact) mass is 375 g/mol. The van der Waals surface area contributed by atoms with E-state index in [1.807, 2.05) is 30.3 Å². The van der Waals surface area contributed by atoms with Gasteiger partial charge in [0.25, 0.3) is 0 Å². The van der Waals surface area contributed by atoms with Crippen molar-refractivity contribution in [1.82, 2.24) is 5.43 Å². The molecule has 3 aromatic rings. The van der Waals surface area contributed by atoms with Crippen LogP contribution in [0.5, 0.6) is 17.2 Å². The average Bonchev–Trinajstić information content (AvgIpc) is 2.70. The molecule has 140 valence electrons. The first-order chi connectivity index (χ1) is 13.6. The van der Waals surface area contributed by atoms with Crippen molar-refractivity contribution in [3.05, 3.63) is 84.4 Å². The number of rotatable bonds is 5. The molecule has 0 atom stereocenters. The topological polar surface area (TPSA) is 100 Å². The molecule has 0 aromatic heterocycles. The molecule has 3 rings (SSSR count). The van der Waals surface area contributed by atoms with Crippen LogP contribution in [0.3, 0.4) is 0 Å². The fourth-order valence-electron chi connectivity index (χ4n) is 2.24. The Balaban J connectivity index is 1.51. The predicted octanol–water partition coefficient (Wildman–Crippen LogP) is 3.27. The number of amides is 2. The number of hydrazone groups is 1. The lowest BCUT2D eigenvalue weighted by Crippen LogP contribution is -2.32. The summed E-state index contributed by atoms with van der Waals surface area (Å²) in [6.07, 6.45) is 1.32. The highest BCUT2D eigenvalue weighted by Crippen LogP contribution is 2.22. The third-order valence-corrected chi connectivity index (χ3v) is 3.55. The van der Waals surface area contributed by atoms with Crippen LogP contribution in [0.25, 0.3) is 0 Å². The summed E-state index contributed by atoms with van der Waals surface area (Å²) < 4.78 is 5.66. The van der Waals surface area contributed by atoms with Crippen molar-refractivity contribution >= 4 is 23.7 Å². The van der Waals surface area contributed by atoms with Gasteiger partial charge in [0.2, 0.25) is 0 Å². The van der Waals surface area contributed by atoms with Crippen molar-refractivity contribution in [3.8, 4) is 17.2 Å². The Kier molecular flexibility index (Phi) is 5.99. The molecule has 3 aromatic carbocycles. The maximum atomic E-state index is 11.9. The zero-order valence-corrected chi connectivity index (χ0v) is 14.7. The fourth-order valence-corrected chi connectivity index (χ4v) is 2.24. The van der Waals surface area contributed by atoms with Crippen LogP contribution in [0, 0.1) is 0 Å². The zero-order chi connectivity index (χ0) is 19.8. The highest BCUT2D eigenvalue weighted by Gasteiger charge is 2.12. The second-order valence-corrected chi connectivity index (χ2v) is 5.69. The SMILES string of the molecule is O=C(N/N=C\c1cccc(O)c1)C(=O)Nc1ccc(Oc2ccccc2)cc1. The third kappa shape index (κ3) is 5.43. The molecule has 7 nitrogen and oxygen atoms in total. The Morgan fingerprint density at radius 1 is 0.857 bits per heavy atom. The van der Waals surface area contributed by atoms with Gasteiger partial charge in [-0.3, -0.25) is 9.59 Å². The normalized spacial score (nSPS) is 10.4. The van der Waals surface area contributed by atoms with Gasteiger partial charge >= 0.3 is 11.8 Å². The number of phenolic OH excluding ortho intramolecular Hbond substituents is 1. The molecule has 2 amide bonds. The first-order valence-corrected chi connectivity index (χ1v) is 8.36. The molecule has 0 heterocycles. The summed E-state index contributed by atoms with van der Waals surface area (Å²) in [5.41, 5.74) is 3.15. The second-order valence-electron chi connectivity index (χ2n) is 5.69. The molecule has 0 bridgehead atoms. The van der Waals surface area contributed by atoms with Gasteiger partial charge in [-0.15, -0.1) is 0 Å². The van der Waals surface area contributed by atoms with E-state index in [1.165, 1.54) is 18.3 Å². The van der Waals surface area contributed by atoms with Crippen molar-refractivity contribution in [2.45, 2.75) is 0 Å². The summed E-state index contributed by atoms with van der Waals surface area (Å²) in [5, 5.41) is 15.5. The summed E-state index contributed by atoms with van der Waals surface area (Å²) in [6, 6.07) is 22.2. The van der Waals surface area contributed by atoms with Gasteiger partial charge in [-0.25, -0.2) is 5.43 Å². The third-order valence-electron chi connectivity index (χ3n) is 3.55. The Bertz CT molecular complexity index is 986. The van der Waals surface area contributed by atoms with E-state index in [4.69, 9.17) is 4.74 Å². The maximum Gasteiger partial charge on any atom is 0.329 e.